The van der Waals surface area contributed by atoms with Gasteiger partial charge in [-0.05, 0) is 19.3 Å². The number of aliphatic carboxylic acids is 1. The highest BCUT2D eigenvalue weighted by Crippen LogP contribution is 2.41. The van der Waals surface area contributed by atoms with Crippen LogP contribution in [0.4, 0.5) is 0 Å². The molecule has 0 spiro atoms. The largest absolute Gasteiger partial charge is 0.481 e. The molecule has 0 aromatic heterocycles. The maximum Gasteiger partial charge on any atom is 0.309 e. The standard InChI is InChI=1S/C9H16O2/c1-2-5-9(8(10)11)6-3-4-7-9/h2-7H2,1H3,(H,10,11). The van der Waals surface area contributed by atoms with E-state index in [1.807, 2.05) is 0 Å². The summed E-state index contributed by atoms with van der Waals surface area (Å²) in [6.45, 7) is 2.06. The van der Waals surface area contributed by atoms with Gasteiger partial charge in [0.15, 0.2) is 0 Å². The lowest BCUT2D eigenvalue weighted by atomic mass is 9.82. The highest BCUT2D eigenvalue weighted by Gasteiger charge is 2.39. The maximum atomic E-state index is 10.9. The van der Waals surface area contributed by atoms with E-state index in [0.29, 0.717) is 0 Å². The molecule has 0 unspecified atom stereocenters. The summed E-state index contributed by atoms with van der Waals surface area (Å²) in [6, 6.07) is 0. The molecule has 0 aliphatic heterocycles. The summed E-state index contributed by atoms with van der Waals surface area (Å²) in [6.07, 6.45) is 5.86. The van der Waals surface area contributed by atoms with Crippen LogP contribution in [0.15, 0.2) is 0 Å². The van der Waals surface area contributed by atoms with Crippen LogP contribution in [-0.2, 0) is 4.79 Å². The number of hydrogen-bond acceptors (Lipinski definition) is 1. The monoisotopic (exact) mass is 156 g/mol. The molecule has 1 fully saturated rings. The van der Waals surface area contributed by atoms with Gasteiger partial charge in [0, 0.05) is 0 Å². The molecule has 1 N–H and O–H groups in total. The molecule has 0 atom stereocenters. The van der Waals surface area contributed by atoms with Crippen LogP contribution in [0.25, 0.3) is 0 Å². The molecule has 2 heteroatoms. The topological polar surface area (TPSA) is 37.3 Å². The van der Waals surface area contributed by atoms with E-state index in [1.165, 1.54) is 0 Å². The average Bonchev–Trinajstić information content (AvgIpc) is 2.38. The third-order valence-corrected chi connectivity index (χ3v) is 2.74. The van der Waals surface area contributed by atoms with Crippen LogP contribution in [0.5, 0.6) is 0 Å². The van der Waals surface area contributed by atoms with E-state index < -0.39 is 5.97 Å². The van der Waals surface area contributed by atoms with Gasteiger partial charge in [-0.3, -0.25) is 4.79 Å². The molecule has 2 nitrogen and oxygen atoms in total. The van der Waals surface area contributed by atoms with E-state index in [2.05, 4.69) is 6.92 Å². The number of carboxylic acid groups (broad SMARTS) is 1. The molecule has 11 heavy (non-hydrogen) atoms. The van der Waals surface area contributed by atoms with Gasteiger partial charge in [-0.15, -0.1) is 0 Å². The summed E-state index contributed by atoms with van der Waals surface area (Å²) in [5.74, 6) is -0.572. The summed E-state index contributed by atoms with van der Waals surface area (Å²) in [7, 11) is 0. The summed E-state index contributed by atoms with van der Waals surface area (Å²) in [4.78, 5) is 10.9. The van der Waals surface area contributed by atoms with Gasteiger partial charge in [0.25, 0.3) is 0 Å². The Morgan fingerprint density at radius 3 is 2.36 bits per heavy atom. The van der Waals surface area contributed by atoms with Crippen LogP contribution < -0.4 is 0 Å². The van der Waals surface area contributed by atoms with Crippen molar-refractivity contribution in [3.05, 3.63) is 0 Å². The van der Waals surface area contributed by atoms with Crippen molar-refractivity contribution in [2.45, 2.75) is 45.4 Å². The van der Waals surface area contributed by atoms with E-state index in [-0.39, 0.29) is 5.41 Å². The number of carbonyl (C=O) groups is 1. The molecular weight excluding hydrogens is 140 g/mol. The average molecular weight is 156 g/mol. The van der Waals surface area contributed by atoms with Gasteiger partial charge < -0.3 is 5.11 Å². The Labute approximate surface area is 67.6 Å². The molecule has 1 rings (SSSR count). The fraction of sp³-hybridized carbons (Fsp3) is 0.889. The van der Waals surface area contributed by atoms with Crippen molar-refractivity contribution in [1.82, 2.24) is 0 Å². The Morgan fingerprint density at radius 2 is 2.00 bits per heavy atom. The molecule has 0 amide bonds. The first-order valence-electron chi connectivity index (χ1n) is 4.45. The van der Waals surface area contributed by atoms with E-state index in [9.17, 15) is 4.79 Å². The molecule has 0 heterocycles. The molecule has 1 aliphatic rings. The van der Waals surface area contributed by atoms with Crippen LogP contribution in [0, 0.1) is 5.41 Å². The Kier molecular flexibility index (Phi) is 2.53. The molecule has 1 saturated carbocycles. The van der Waals surface area contributed by atoms with Crippen LogP contribution >= 0.6 is 0 Å². The first-order valence-corrected chi connectivity index (χ1v) is 4.45. The quantitative estimate of drug-likeness (QED) is 0.681. The Bertz CT molecular complexity index is 146. The zero-order valence-electron chi connectivity index (χ0n) is 7.10. The van der Waals surface area contributed by atoms with Crippen LogP contribution in [-0.4, -0.2) is 11.1 Å². The Morgan fingerprint density at radius 1 is 1.45 bits per heavy atom. The lowest BCUT2D eigenvalue weighted by Crippen LogP contribution is -2.27. The van der Waals surface area contributed by atoms with Crippen molar-refractivity contribution >= 4 is 5.97 Å². The van der Waals surface area contributed by atoms with E-state index in [0.717, 1.165) is 38.5 Å². The SMILES string of the molecule is CCCC1(C(=O)O)CCCC1. The highest BCUT2D eigenvalue weighted by molar-refractivity contribution is 5.74. The summed E-state index contributed by atoms with van der Waals surface area (Å²) < 4.78 is 0. The van der Waals surface area contributed by atoms with Gasteiger partial charge in [0.2, 0.25) is 0 Å². The zero-order chi connectivity index (χ0) is 8.32. The Hall–Kier alpha value is -0.530. The van der Waals surface area contributed by atoms with Gasteiger partial charge in [-0.25, -0.2) is 0 Å². The first kappa shape index (κ1) is 8.57. The molecular formula is C9H16O2. The van der Waals surface area contributed by atoms with Crippen LogP contribution in [0.1, 0.15) is 45.4 Å². The fourth-order valence-electron chi connectivity index (χ4n) is 2.10. The maximum absolute atomic E-state index is 10.9. The minimum Gasteiger partial charge on any atom is -0.481 e. The van der Waals surface area contributed by atoms with Crippen LogP contribution in [0.3, 0.4) is 0 Å². The van der Waals surface area contributed by atoms with E-state index >= 15 is 0 Å². The van der Waals surface area contributed by atoms with Gasteiger partial charge in [0.05, 0.1) is 5.41 Å². The molecule has 0 aromatic carbocycles. The van der Waals surface area contributed by atoms with Crippen molar-refractivity contribution in [3.63, 3.8) is 0 Å². The summed E-state index contributed by atoms with van der Waals surface area (Å²) in [5.41, 5.74) is -0.339. The Balaban J connectivity index is 2.62. The van der Waals surface area contributed by atoms with Crippen LogP contribution in [0.2, 0.25) is 0 Å². The van der Waals surface area contributed by atoms with Crippen molar-refractivity contribution in [3.8, 4) is 0 Å². The molecule has 0 radical (unpaired) electrons. The van der Waals surface area contributed by atoms with Crippen molar-refractivity contribution in [2.75, 3.05) is 0 Å². The summed E-state index contributed by atoms with van der Waals surface area (Å²) in [5, 5.41) is 8.99. The molecule has 0 aromatic rings. The normalized spacial score (nSPS) is 21.9. The van der Waals surface area contributed by atoms with E-state index in [1.54, 1.807) is 0 Å². The predicted molar refractivity (Wildman–Crippen MR) is 43.4 cm³/mol. The van der Waals surface area contributed by atoms with E-state index in [4.69, 9.17) is 5.11 Å². The highest BCUT2D eigenvalue weighted by atomic mass is 16.4. The predicted octanol–water partition coefficient (Wildman–Crippen LogP) is 2.43. The third-order valence-electron chi connectivity index (χ3n) is 2.74. The fourth-order valence-corrected chi connectivity index (χ4v) is 2.10. The molecule has 0 saturated heterocycles. The van der Waals surface area contributed by atoms with Gasteiger partial charge in [0.1, 0.15) is 0 Å². The minimum atomic E-state index is -0.572. The summed E-state index contributed by atoms with van der Waals surface area (Å²) >= 11 is 0. The minimum absolute atomic E-state index is 0.339. The molecule has 0 bridgehead atoms. The first-order chi connectivity index (χ1) is 5.21. The second kappa shape index (κ2) is 3.24. The van der Waals surface area contributed by atoms with Crippen molar-refractivity contribution < 1.29 is 9.90 Å². The second-order valence-corrected chi connectivity index (χ2v) is 3.54. The smallest absolute Gasteiger partial charge is 0.309 e. The number of carboxylic acids is 1. The van der Waals surface area contributed by atoms with Crippen molar-refractivity contribution in [1.29, 1.82) is 0 Å². The molecule has 64 valence electrons. The number of rotatable bonds is 3. The third kappa shape index (κ3) is 1.55. The van der Waals surface area contributed by atoms with Gasteiger partial charge >= 0.3 is 5.97 Å². The number of hydrogen-bond donors (Lipinski definition) is 1. The lowest BCUT2D eigenvalue weighted by molar-refractivity contribution is -0.149. The lowest BCUT2D eigenvalue weighted by Gasteiger charge is -2.22. The van der Waals surface area contributed by atoms with Gasteiger partial charge in [-0.2, -0.15) is 0 Å². The van der Waals surface area contributed by atoms with Gasteiger partial charge in [-0.1, -0.05) is 26.2 Å². The second-order valence-electron chi connectivity index (χ2n) is 3.54. The zero-order valence-corrected chi connectivity index (χ0v) is 7.10. The van der Waals surface area contributed by atoms with Crippen molar-refractivity contribution in [2.24, 2.45) is 5.41 Å². The molecule has 1 aliphatic carbocycles.